The van der Waals surface area contributed by atoms with E-state index in [0.29, 0.717) is 41.6 Å². The Morgan fingerprint density at radius 3 is 2.84 bits per heavy atom. The van der Waals surface area contributed by atoms with Gasteiger partial charge in [-0.05, 0) is 43.4 Å². The van der Waals surface area contributed by atoms with Crippen LogP contribution in [0.3, 0.4) is 0 Å². The number of benzene rings is 1. The molecule has 5 nitrogen and oxygen atoms in total. The molecule has 1 saturated heterocycles. The third kappa shape index (κ3) is 5.23. The minimum absolute atomic E-state index is 0. The van der Waals surface area contributed by atoms with Gasteiger partial charge in [-0.25, -0.2) is 0 Å². The van der Waals surface area contributed by atoms with E-state index in [1.807, 2.05) is 6.07 Å². The third-order valence-electron chi connectivity index (χ3n) is 4.92. The molecule has 2 N–H and O–H groups in total. The zero-order valence-electron chi connectivity index (χ0n) is 14.4. The molecule has 3 atom stereocenters. The average molecular weight is 389 g/mol. The summed E-state index contributed by atoms with van der Waals surface area (Å²) >= 11 is 6.22. The van der Waals surface area contributed by atoms with Gasteiger partial charge in [-0.1, -0.05) is 24.4 Å². The first-order valence-corrected chi connectivity index (χ1v) is 9.03. The zero-order valence-corrected chi connectivity index (χ0v) is 16.0. The summed E-state index contributed by atoms with van der Waals surface area (Å²) in [6, 6.07) is 5.72. The normalized spacial score (nSPS) is 25.0. The predicted molar refractivity (Wildman–Crippen MR) is 102 cm³/mol. The van der Waals surface area contributed by atoms with Gasteiger partial charge in [-0.3, -0.25) is 4.79 Å². The SMILES string of the molecule is COCCOc1ccc(NC(=O)C2CC3CCCCC3N2)cc1Cl.Cl. The zero-order chi connectivity index (χ0) is 16.9. The van der Waals surface area contributed by atoms with Crippen LogP contribution in [-0.2, 0) is 9.53 Å². The number of hydrogen-bond acceptors (Lipinski definition) is 4. The maximum Gasteiger partial charge on any atom is 0.241 e. The molecule has 140 valence electrons. The summed E-state index contributed by atoms with van der Waals surface area (Å²) in [7, 11) is 1.62. The molecule has 0 radical (unpaired) electrons. The minimum atomic E-state index is -0.102. The number of ether oxygens (including phenoxy) is 2. The Bertz CT molecular complexity index is 571. The van der Waals surface area contributed by atoms with Crippen molar-refractivity contribution >= 4 is 35.6 Å². The molecule has 1 aromatic carbocycles. The van der Waals surface area contributed by atoms with E-state index >= 15 is 0 Å². The lowest BCUT2D eigenvalue weighted by Crippen LogP contribution is -2.39. The number of hydrogen-bond donors (Lipinski definition) is 2. The summed E-state index contributed by atoms with van der Waals surface area (Å²) in [5.74, 6) is 1.26. The molecule has 1 heterocycles. The summed E-state index contributed by atoms with van der Waals surface area (Å²) in [4.78, 5) is 12.5. The number of fused-ring (bicyclic) bond motifs is 1. The first-order valence-electron chi connectivity index (χ1n) is 8.65. The second kappa shape index (κ2) is 9.62. The van der Waals surface area contributed by atoms with Crippen molar-refractivity contribution < 1.29 is 14.3 Å². The van der Waals surface area contributed by atoms with E-state index < -0.39 is 0 Å². The van der Waals surface area contributed by atoms with Crippen molar-refractivity contribution in [3.63, 3.8) is 0 Å². The summed E-state index contributed by atoms with van der Waals surface area (Å²) in [6.45, 7) is 0.946. The Labute approximate surface area is 160 Å². The fraction of sp³-hybridized carbons (Fsp3) is 0.611. The number of carbonyl (C=O) groups is 1. The first-order chi connectivity index (χ1) is 11.7. The van der Waals surface area contributed by atoms with E-state index in [1.54, 1.807) is 19.2 Å². The van der Waals surface area contributed by atoms with Crippen LogP contribution in [-0.4, -0.2) is 38.3 Å². The van der Waals surface area contributed by atoms with Crippen LogP contribution in [0.15, 0.2) is 18.2 Å². The number of methoxy groups -OCH3 is 1. The molecule has 1 aromatic rings. The van der Waals surface area contributed by atoms with Crippen molar-refractivity contribution in [1.82, 2.24) is 5.32 Å². The van der Waals surface area contributed by atoms with E-state index in [-0.39, 0.29) is 24.4 Å². The van der Waals surface area contributed by atoms with Gasteiger partial charge in [0.05, 0.1) is 17.7 Å². The van der Waals surface area contributed by atoms with Crippen LogP contribution < -0.4 is 15.4 Å². The number of carbonyl (C=O) groups excluding carboxylic acids is 1. The fourth-order valence-electron chi connectivity index (χ4n) is 3.68. The summed E-state index contributed by atoms with van der Waals surface area (Å²) in [6.07, 6.45) is 5.91. The molecule has 2 fully saturated rings. The lowest BCUT2D eigenvalue weighted by atomic mass is 9.85. The first kappa shape index (κ1) is 20.3. The summed E-state index contributed by atoms with van der Waals surface area (Å²) in [5.41, 5.74) is 0.695. The van der Waals surface area contributed by atoms with Crippen LogP contribution in [0.2, 0.25) is 5.02 Å². The molecule has 0 aromatic heterocycles. The lowest BCUT2D eigenvalue weighted by Gasteiger charge is -2.24. The number of halogens is 2. The summed E-state index contributed by atoms with van der Waals surface area (Å²) in [5, 5.41) is 6.94. The van der Waals surface area contributed by atoms with Gasteiger partial charge in [0.15, 0.2) is 0 Å². The lowest BCUT2D eigenvalue weighted by molar-refractivity contribution is -0.117. The Hall–Kier alpha value is -1.01. The Morgan fingerprint density at radius 1 is 1.32 bits per heavy atom. The second-order valence-corrected chi connectivity index (χ2v) is 6.99. The monoisotopic (exact) mass is 388 g/mol. The van der Waals surface area contributed by atoms with Gasteiger partial charge in [0.1, 0.15) is 12.4 Å². The topological polar surface area (TPSA) is 59.6 Å². The largest absolute Gasteiger partial charge is 0.490 e. The predicted octanol–water partition coefficient (Wildman–Crippen LogP) is 3.65. The van der Waals surface area contributed by atoms with Crippen LogP contribution in [0, 0.1) is 5.92 Å². The standard InChI is InChI=1S/C18H25ClN2O3.ClH/c1-23-8-9-24-17-7-6-13(11-14(17)19)20-18(22)16-10-12-4-2-3-5-15(12)21-16;/h6-7,11-12,15-16,21H,2-5,8-10H2,1H3,(H,20,22);1H. The van der Waals surface area contributed by atoms with E-state index in [9.17, 15) is 4.79 Å². The molecule has 0 spiro atoms. The number of amides is 1. The van der Waals surface area contributed by atoms with Gasteiger partial charge in [-0.15, -0.1) is 12.4 Å². The highest BCUT2D eigenvalue weighted by Crippen LogP contribution is 2.34. The van der Waals surface area contributed by atoms with Crippen molar-refractivity contribution in [2.24, 2.45) is 5.92 Å². The molecule has 25 heavy (non-hydrogen) atoms. The number of rotatable bonds is 6. The molecule has 1 saturated carbocycles. The minimum Gasteiger partial charge on any atom is -0.490 e. The number of nitrogens with one attached hydrogen (secondary N) is 2. The highest BCUT2D eigenvalue weighted by Gasteiger charge is 2.38. The van der Waals surface area contributed by atoms with E-state index in [4.69, 9.17) is 21.1 Å². The molecule has 7 heteroatoms. The molecular formula is C18H26Cl2N2O3. The smallest absolute Gasteiger partial charge is 0.241 e. The Kier molecular flexibility index (Phi) is 7.81. The summed E-state index contributed by atoms with van der Waals surface area (Å²) < 4.78 is 10.5. The molecule has 3 unspecified atom stereocenters. The van der Waals surface area contributed by atoms with E-state index in [0.717, 1.165) is 6.42 Å². The van der Waals surface area contributed by atoms with Gasteiger partial charge in [0, 0.05) is 18.8 Å². The van der Waals surface area contributed by atoms with Crippen molar-refractivity contribution in [1.29, 1.82) is 0 Å². The molecular weight excluding hydrogens is 363 g/mol. The average Bonchev–Trinajstić information content (AvgIpc) is 3.01. The molecule has 0 bridgehead atoms. The van der Waals surface area contributed by atoms with E-state index in [1.165, 1.54) is 25.7 Å². The maximum absolute atomic E-state index is 12.5. The van der Waals surface area contributed by atoms with Gasteiger partial charge in [0.2, 0.25) is 5.91 Å². The second-order valence-electron chi connectivity index (χ2n) is 6.58. The molecule has 1 aliphatic heterocycles. The number of anilines is 1. The van der Waals surface area contributed by atoms with Crippen molar-refractivity contribution in [3.8, 4) is 5.75 Å². The van der Waals surface area contributed by atoms with Gasteiger partial charge in [-0.2, -0.15) is 0 Å². The molecule has 3 rings (SSSR count). The quantitative estimate of drug-likeness (QED) is 0.730. The van der Waals surface area contributed by atoms with Crippen LogP contribution in [0.5, 0.6) is 5.75 Å². The molecule has 1 amide bonds. The Balaban J connectivity index is 0.00000225. The van der Waals surface area contributed by atoms with Crippen molar-refractivity contribution in [2.75, 3.05) is 25.6 Å². The van der Waals surface area contributed by atoms with Crippen molar-refractivity contribution in [3.05, 3.63) is 23.2 Å². The maximum atomic E-state index is 12.5. The molecule has 2 aliphatic rings. The molecule has 1 aliphatic carbocycles. The van der Waals surface area contributed by atoms with Gasteiger partial charge < -0.3 is 20.1 Å². The van der Waals surface area contributed by atoms with Crippen LogP contribution in [0.4, 0.5) is 5.69 Å². The fourth-order valence-corrected chi connectivity index (χ4v) is 3.92. The third-order valence-corrected chi connectivity index (χ3v) is 5.22. The van der Waals surface area contributed by atoms with Gasteiger partial charge in [0.25, 0.3) is 0 Å². The van der Waals surface area contributed by atoms with E-state index in [2.05, 4.69) is 10.6 Å². The van der Waals surface area contributed by atoms with Crippen LogP contribution in [0.25, 0.3) is 0 Å². The van der Waals surface area contributed by atoms with Gasteiger partial charge >= 0.3 is 0 Å². The van der Waals surface area contributed by atoms with Crippen LogP contribution >= 0.6 is 24.0 Å². The van der Waals surface area contributed by atoms with Crippen LogP contribution in [0.1, 0.15) is 32.1 Å². The Morgan fingerprint density at radius 2 is 2.12 bits per heavy atom. The van der Waals surface area contributed by atoms with Crippen molar-refractivity contribution in [2.45, 2.75) is 44.2 Å². The highest BCUT2D eigenvalue weighted by atomic mass is 35.5. The highest BCUT2D eigenvalue weighted by molar-refractivity contribution is 6.32.